The van der Waals surface area contributed by atoms with Crippen LogP contribution in [0.5, 0.6) is 5.75 Å². The van der Waals surface area contributed by atoms with Gasteiger partial charge >= 0.3 is 0 Å². The molecule has 0 aliphatic carbocycles. The molecule has 2 N–H and O–H groups in total. The molecule has 0 saturated carbocycles. The summed E-state index contributed by atoms with van der Waals surface area (Å²) in [5.74, 6) is 0.591. The summed E-state index contributed by atoms with van der Waals surface area (Å²) in [6.45, 7) is 4.56. The Kier molecular flexibility index (Phi) is 3.79. The minimum atomic E-state index is -0.444. The van der Waals surface area contributed by atoms with E-state index in [2.05, 4.69) is 22.5 Å². The van der Waals surface area contributed by atoms with Crippen molar-refractivity contribution in [2.75, 3.05) is 10.6 Å². The summed E-state index contributed by atoms with van der Waals surface area (Å²) >= 11 is 1.71. The third-order valence-electron chi connectivity index (χ3n) is 3.28. The van der Waals surface area contributed by atoms with Crippen molar-refractivity contribution < 1.29 is 9.53 Å². The highest BCUT2D eigenvalue weighted by Crippen LogP contribution is 2.32. The quantitative estimate of drug-likeness (QED) is 0.911. The molecule has 0 spiro atoms. The average molecular weight is 303 g/mol. The zero-order valence-corrected chi connectivity index (χ0v) is 12.8. The number of ether oxygens (including phenoxy) is 1. The highest BCUT2D eigenvalue weighted by atomic mass is 32.1. The van der Waals surface area contributed by atoms with Gasteiger partial charge in [-0.3, -0.25) is 4.79 Å². The predicted molar refractivity (Wildman–Crippen MR) is 84.0 cm³/mol. The lowest BCUT2D eigenvalue weighted by Crippen LogP contribution is -2.34. The van der Waals surface area contributed by atoms with Gasteiger partial charge in [0.25, 0.3) is 5.91 Å². The number of rotatable bonds is 4. The zero-order chi connectivity index (χ0) is 14.8. The fourth-order valence-electron chi connectivity index (χ4n) is 2.10. The number of hydrogen-bond acceptors (Lipinski definition) is 5. The third kappa shape index (κ3) is 3.00. The van der Waals surface area contributed by atoms with Gasteiger partial charge in [0.2, 0.25) is 0 Å². The van der Waals surface area contributed by atoms with Crippen LogP contribution < -0.4 is 15.4 Å². The van der Waals surface area contributed by atoms with E-state index in [1.165, 1.54) is 4.88 Å². The maximum atomic E-state index is 11.6. The SMILES string of the molecule is CCc1ncc(CNc2ccc3c(c2)NC(=O)C(C)O3)s1. The van der Waals surface area contributed by atoms with E-state index in [-0.39, 0.29) is 5.91 Å². The number of aryl methyl sites for hydroxylation is 1. The standard InChI is InChI=1S/C15H17N3O2S/c1-3-14-17-8-11(21-14)7-16-10-4-5-13-12(6-10)18-15(19)9(2)20-13/h4-6,8-9,16H,3,7H2,1-2H3,(H,18,19). The number of hydrogen-bond donors (Lipinski definition) is 2. The zero-order valence-electron chi connectivity index (χ0n) is 12.0. The molecule has 2 heterocycles. The van der Waals surface area contributed by atoms with E-state index in [0.717, 1.165) is 23.7 Å². The molecule has 110 valence electrons. The second-order valence-electron chi connectivity index (χ2n) is 4.89. The van der Waals surface area contributed by atoms with Crippen molar-refractivity contribution in [1.29, 1.82) is 0 Å². The molecule has 6 heteroatoms. The molecule has 1 unspecified atom stereocenters. The Morgan fingerprint density at radius 3 is 3.10 bits per heavy atom. The Bertz CT molecular complexity index is 669. The molecule has 1 amide bonds. The lowest BCUT2D eigenvalue weighted by atomic mass is 10.2. The maximum Gasteiger partial charge on any atom is 0.265 e. The van der Waals surface area contributed by atoms with Gasteiger partial charge in [0.15, 0.2) is 6.10 Å². The number of aromatic nitrogens is 1. The molecular weight excluding hydrogens is 286 g/mol. The molecule has 3 rings (SSSR count). The number of amides is 1. The summed E-state index contributed by atoms with van der Waals surface area (Å²) in [7, 11) is 0. The fourth-order valence-corrected chi connectivity index (χ4v) is 2.90. The minimum Gasteiger partial charge on any atom is -0.479 e. The van der Waals surface area contributed by atoms with E-state index < -0.39 is 6.10 Å². The van der Waals surface area contributed by atoms with Crippen LogP contribution in [0.1, 0.15) is 23.7 Å². The molecule has 21 heavy (non-hydrogen) atoms. The van der Waals surface area contributed by atoms with Gasteiger partial charge in [0, 0.05) is 16.8 Å². The van der Waals surface area contributed by atoms with Crippen molar-refractivity contribution in [3.05, 3.63) is 34.3 Å². The van der Waals surface area contributed by atoms with Crippen LogP contribution in [0, 0.1) is 0 Å². The number of carbonyl (C=O) groups excluding carboxylic acids is 1. The molecule has 0 saturated heterocycles. The average Bonchev–Trinajstić information content (AvgIpc) is 2.94. The van der Waals surface area contributed by atoms with Gasteiger partial charge in [0.1, 0.15) is 5.75 Å². The number of nitrogens with one attached hydrogen (secondary N) is 2. The molecule has 1 aliphatic heterocycles. The van der Waals surface area contributed by atoms with Crippen LogP contribution in [0.3, 0.4) is 0 Å². The van der Waals surface area contributed by atoms with E-state index in [9.17, 15) is 4.79 Å². The second-order valence-corrected chi connectivity index (χ2v) is 6.09. The Balaban J connectivity index is 1.69. The van der Waals surface area contributed by atoms with Crippen LogP contribution in [0.2, 0.25) is 0 Å². The molecule has 5 nitrogen and oxygen atoms in total. The molecule has 1 aromatic heterocycles. The van der Waals surface area contributed by atoms with Gasteiger partial charge in [-0.1, -0.05) is 6.92 Å². The fraction of sp³-hybridized carbons (Fsp3) is 0.333. The van der Waals surface area contributed by atoms with Crippen LogP contribution >= 0.6 is 11.3 Å². The number of thiazole rings is 1. The maximum absolute atomic E-state index is 11.6. The van der Waals surface area contributed by atoms with E-state index >= 15 is 0 Å². The Morgan fingerprint density at radius 2 is 2.33 bits per heavy atom. The molecule has 1 aromatic carbocycles. The first-order valence-electron chi connectivity index (χ1n) is 6.94. The van der Waals surface area contributed by atoms with Gasteiger partial charge in [-0.25, -0.2) is 4.98 Å². The van der Waals surface area contributed by atoms with Crippen molar-refractivity contribution >= 4 is 28.6 Å². The van der Waals surface area contributed by atoms with Crippen molar-refractivity contribution in [3.8, 4) is 5.75 Å². The smallest absolute Gasteiger partial charge is 0.265 e. The Morgan fingerprint density at radius 1 is 1.48 bits per heavy atom. The van der Waals surface area contributed by atoms with Crippen LogP contribution in [0.25, 0.3) is 0 Å². The van der Waals surface area contributed by atoms with Gasteiger partial charge in [-0.05, 0) is 31.5 Å². The summed E-state index contributed by atoms with van der Waals surface area (Å²) in [5, 5.41) is 7.33. The minimum absolute atomic E-state index is 0.116. The molecule has 2 aromatic rings. The van der Waals surface area contributed by atoms with Crippen LogP contribution in [0.4, 0.5) is 11.4 Å². The number of benzene rings is 1. The molecule has 0 fully saturated rings. The lowest BCUT2D eigenvalue weighted by molar-refractivity contribution is -0.122. The van der Waals surface area contributed by atoms with Crippen LogP contribution in [-0.4, -0.2) is 17.0 Å². The van der Waals surface area contributed by atoms with Crippen LogP contribution in [0.15, 0.2) is 24.4 Å². The van der Waals surface area contributed by atoms with Crippen LogP contribution in [-0.2, 0) is 17.8 Å². The topological polar surface area (TPSA) is 63.2 Å². The highest BCUT2D eigenvalue weighted by Gasteiger charge is 2.23. The Labute approximate surface area is 127 Å². The van der Waals surface area contributed by atoms with Gasteiger partial charge < -0.3 is 15.4 Å². The highest BCUT2D eigenvalue weighted by molar-refractivity contribution is 7.11. The largest absolute Gasteiger partial charge is 0.479 e. The van der Waals surface area contributed by atoms with Gasteiger partial charge in [-0.2, -0.15) is 0 Å². The molecule has 0 bridgehead atoms. The molecular formula is C15H17N3O2S. The molecule has 1 atom stereocenters. The molecule has 1 aliphatic rings. The van der Waals surface area contributed by atoms with Gasteiger partial charge in [0.05, 0.1) is 17.2 Å². The number of anilines is 2. The van der Waals surface area contributed by atoms with E-state index in [0.29, 0.717) is 11.4 Å². The lowest BCUT2D eigenvalue weighted by Gasteiger charge is -2.23. The van der Waals surface area contributed by atoms with Crippen molar-refractivity contribution in [2.45, 2.75) is 32.9 Å². The first kappa shape index (κ1) is 13.9. The first-order valence-corrected chi connectivity index (χ1v) is 7.76. The monoisotopic (exact) mass is 303 g/mol. The normalized spacial score (nSPS) is 16.9. The summed E-state index contributed by atoms with van der Waals surface area (Å²) in [4.78, 5) is 17.2. The van der Waals surface area contributed by atoms with E-state index in [4.69, 9.17) is 4.74 Å². The number of carbonyl (C=O) groups is 1. The summed E-state index contributed by atoms with van der Waals surface area (Å²) in [6.07, 6.45) is 2.42. The summed E-state index contributed by atoms with van der Waals surface area (Å²) < 4.78 is 5.53. The summed E-state index contributed by atoms with van der Waals surface area (Å²) in [5.41, 5.74) is 1.65. The predicted octanol–water partition coefficient (Wildman–Crippen LogP) is 3.04. The van der Waals surface area contributed by atoms with Crippen molar-refractivity contribution in [1.82, 2.24) is 4.98 Å². The van der Waals surface area contributed by atoms with Crippen molar-refractivity contribution in [3.63, 3.8) is 0 Å². The number of nitrogens with zero attached hydrogens (tertiary/aromatic N) is 1. The van der Waals surface area contributed by atoms with E-state index in [1.54, 1.807) is 18.3 Å². The molecule has 0 radical (unpaired) electrons. The number of fused-ring (bicyclic) bond motifs is 1. The second kappa shape index (κ2) is 5.73. The van der Waals surface area contributed by atoms with Gasteiger partial charge in [-0.15, -0.1) is 11.3 Å². The Hall–Kier alpha value is -2.08. The summed E-state index contributed by atoms with van der Waals surface area (Å²) in [6, 6.07) is 5.71. The van der Waals surface area contributed by atoms with E-state index in [1.807, 2.05) is 24.4 Å². The van der Waals surface area contributed by atoms with Crippen molar-refractivity contribution in [2.24, 2.45) is 0 Å². The third-order valence-corrected chi connectivity index (χ3v) is 4.42. The first-order chi connectivity index (χ1) is 10.2.